The van der Waals surface area contributed by atoms with Crippen molar-refractivity contribution in [1.82, 2.24) is 20.1 Å². The van der Waals surface area contributed by atoms with Crippen molar-refractivity contribution in [1.29, 1.82) is 5.26 Å². The molecule has 2 unspecified atom stereocenters. The lowest BCUT2D eigenvalue weighted by molar-refractivity contribution is 0.0783. The molecule has 1 aromatic carbocycles. The molecule has 1 aliphatic heterocycles. The Kier molecular flexibility index (Phi) is 7.52. The molecule has 0 aliphatic carbocycles. The molecule has 1 saturated heterocycles. The molecular formula is C24H20Cl3N5O2. The Morgan fingerprint density at radius 2 is 1.97 bits per heavy atom. The van der Waals surface area contributed by atoms with Crippen LogP contribution < -0.4 is 4.74 Å². The van der Waals surface area contributed by atoms with Gasteiger partial charge in [0.25, 0.3) is 5.91 Å². The minimum Gasteiger partial charge on any atom is -0.478 e. The fourth-order valence-electron chi connectivity index (χ4n) is 4.09. The van der Waals surface area contributed by atoms with E-state index in [1.54, 1.807) is 36.1 Å². The number of ether oxygens (including phenoxy) is 1. The Balaban J connectivity index is 1.52. The van der Waals surface area contributed by atoms with Crippen LogP contribution >= 0.6 is 34.8 Å². The number of nitrogens with zero attached hydrogens (tertiary/aromatic N) is 5. The SMILES string of the molecule is Cc1cc(C(=O)N2CC(CCOc3ccc(C#N)cn3)C(c3ccc(Cl)c(Cl)c3)C2)c(Cl)nn1. The third-order valence-corrected chi connectivity index (χ3v) is 6.82. The smallest absolute Gasteiger partial charge is 0.257 e. The zero-order valence-corrected chi connectivity index (χ0v) is 20.5. The molecule has 3 aromatic rings. The number of halogens is 3. The van der Waals surface area contributed by atoms with Gasteiger partial charge in [-0.2, -0.15) is 10.4 Å². The minimum absolute atomic E-state index is 0.0332. The highest BCUT2D eigenvalue weighted by atomic mass is 35.5. The van der Waals surface area contributed by atoms with Gasteiger partial charge in [0.15, 0.2) is 5.15 Å². The number of aromatic nitrogens is 3. The van der Waals surface area contributed by atoms with Gasteiger partial charge < -0.3 is 9.64 Å². The van der Waals surface area contributed by atoms with Gasteiger partial charge in [-0.1, -0.05) is 40.9 Å². The Morgan fingerprint density at radius 3 is 2.68 bits per heavy atom. The first-order valence-corrected chi connectivity index (χ1v) is 11.7. The van der Waals surface area contributed by atoms with Gasteiger partial charge in [0, 0.05) is 31.3 Å². The van der Waals surface area contributed by atoms with Crippen molar-refractivity contribution in [2.75, 3.05) is 19.7 Å². The van der Waals surface area contributed by atoms with E-state index in [2.05, 4.69) is 15.2 Å². The van der Waals surface area contributed by atoms with Crippen molar-refractivity contribution in [2.24, 2.45) is 5.92 Å². The molecule has 0 saturated carbocycles. The summed E-state index contributed by atoms with van der Waals surface area (Å²) in [6, 6.07) is 12.6. The Labute approximate surface area is 212 Å². The summed E-state index contributed by atoms with van der Waals surface area (Å²) in [7, 11) is 0. The van der Waals surface area contributed by atoms with Gasteiger partial charge in [-0.05, 0) is 49.1 Å². The summed E-state index contributed by atoms with van der Waals surface area (Å²) in [5.74, 6) is 0.395. The second-order valence-electron chi connectivity index (χ2n) is 8.07. The van der Waals surface area contributed by atoms with E-state index in [-0.39, 0.29) is 22.9 Å². The summed E-state index contributed by atoms with van der Waals surface area (Å²) < 4.78 is 5.80. The maximum atomic E-state index is 13.3. The summed E-state index contributed by atoms with van der Waals surface area (Å²) >= 11 is 18.6. The molecule has 0 bridgehead atoms. The van der Waals surface area contributed by atoms with Crippen LogP contribution in [0.2, 0.25) is 15.2 Å². The van der Waals surface area contributed by atoms with Crippen LogP contribution in [-0.4, -0.2) is 45.7 Å². The zero-order valence-electron chi connectivity index (χ0n) is 18.2. The van der Waals surface area contributed by atoms with E-state index in [0.717, 1.165) is 5.56 Å². The third-order valence-electron chi connectivity index (χ3n) is 5.81. The van der Waals surface area contributed by atoms with Gasteiger partial charge >= 0.3 is 0 Å². The highest BCUT2D eigenvalue weighted by Crippen LogP contribution is 2.38. The first-order chi connectivity index (χ1) is 16.4. The molecule has 0 spiro atoms. The summed E-state index contributed by atoms with van der Waals surface area (Å²) in [6.45, 7) is 3.18. The lowest BCUT2D eigenvalue weighted by Gasteiger charge is -2.19. The van der Waals surface area contributed by atoms with Gasteiger partial charge in [0.1, 0.15) is 6.07 Å². The van der Waals surface area contributed by atoms with E-state index in [0.29, 0.717) is 58.9 Å². The van der Waals surface area contributed by atoms with Crippen molar-refractivity contribution < 1.29 is 9.53 Å². The highest BCUT2D eigenvalue weighted by Gasteiger charge is 2.37. The van der Waals surface area contributed by atoms with Crippen LogP contribution in [0.4, 0.5) is 0 Å². The molecule has 10 heteroatoms. The summed E-state index contributed by atoms with van der Waals surface area (Å²) in [6.07, 6.45) is 2.15. The Bertz CT molecular complexity index is 1250. The number of amides is 1. The first kappa shape index (κ1) is 24.2. The predicted octanol–water partition coefficient (Wildman–Crippen LogP) is 5.34. The first-order valence-electron chi connectivity index (χ1n) is 10.6. The molecule has 1 aliphatic rings. The molecule has 4 rings (SSSR count). The van der Waals surface area contributed by atoms with Crippen LogP contribution in [0.1, 0.15) is 39.5 Å². The van der Waals surface area contributed by atoms with Crippen LogP contribution in [0, 0.1) is 24.2 Å². The monoisotopic (exact) mass is 515 g/mol. The normalized spacial score (nSPS) is 17.4. The number of hydrogen-bond acceptors (Lipinski definition) is 6. The number of carbonyl (C=O) groups is 1. The van der Waals surface area contributed by atoms with Gasteiger partial charge in [-0.25, -0.2) is 4.98 Å². The standard InChI is InChI=1S/C24H20Cl3N5O2/c1-14-8-18(23(27)31-30-14)24(33)32-12-17(6-7-34-22-5-2-15(10-28)11-29-22)19(13-32)16-3-4-20(25)21(26)9-16/h2-5,8-9,11,17,19H,6-7,12-13H2,1H3. The lowest BCUT2D eigenvalue weighted by Crippen LogP contribution is -2.29. The van der Waals surface area contributed by atoms with Crippen LogP contribution in [0.15, 0.2) is 42.6 Å². The fraction of sp³-hybridized carbons (Fsp3) is 0.292. The molecule has 7 nitrogen and oxygen atoms in total. The summed E-state index contributed by atoms with van der Waals surface area (Å²) in [4.78, 5) is 19.2. The van der Waals surface area contributed by atoms with Crippen LogP contribution in [0.25, 0.3) is 0 Å². The number of nitriles is 1. The molecule has 174 valence electrons. The van der Waals surface area contributed by atoms with E-state index in [1.807, 2.05) is 18.2 Å². The molecule has 3 heterocycles. The number of carbonyl (C=O) groups excluding carboxylic acids is 1. The van der Waals surface area contributed by atoms with E-state index >= 15 is 0 Å². The van der Waals surface area contributed by atoms with Crippen molar-refractivity contribution >= 4 is 40.7 Å². The highest BCUT2D eigenvalue weighted by molar-refractivity contribution is 6.42. The summed E-state index contributed by atoms with van der Waals surface area (Å²) in [5, 5.41) is 17.7. The molecule has 1 fully saturated rings. The number of pyridine rings is 1. The molecule has 1 amide bonds. The number of rotatable bonds is 6. The Hall–Kier alpha value is -2.92. The van der Waals surface area contributed by atoms with Crippen molar-refractivity contribution in [3.05, 3.63) is 80.2 Å². The molecule has 2 aromatic heterocycles. The maximum Gasteiger partial charge on any atom is 0.257 e. The van der Waals surface area contributed by atoms with Gasteiger partial charge in [-0.3, -0.25) is 4.79 Å². The van der Waals surface area contributed by atoms with Crippen molar-refractivity contribution in [3.8, 4) is 11.9 Å². The largest absolute Gasteiger partial charge is 0.478 e. The van der Waals surface area contributed by atoms with Crippen molar-refractivity contribution in [2.45, 2.75) is 19.3 Å². The molecule has 2 atom stereocenters. The number of aryl methyl sites for hydroxylation is 1. The second-order valence-corrected chi connectivity index (χ2v) is 9.25. The zero-order chi connectivity index (χ0) is 24.2. The number of hydrogen-bond donors (Lipinski definition) is 0. The van der Waals surface area contributed by atoms with Gasteiger partial charge in [0.05, 0.1) is 33.5 Å². The van der Waals surface area contributed by atoms with E-state index in [1.165, 1.54) is 6.20 Å². The number of benzene rings is 1. The lowest BCUT2D eigenvalue weighted by atomic mass is 9.87. The quantitative estimate of drug-likeness (QED) is 0.439. The minimum atomic E-state index is -0.190. The van der Waals surface area contributed by atoms with Crippen molar-refractivity contribution in [3.63, 3.8) is 0 Å². The average molecular weight is 517 g/mol. The maximum absolute atomic E-state index is 13.3. The van der Waals surface area contributed by atoms with E-state index in [4.69, 9.17) is 44.8 Å². The van der Waals surface area contributed by atoms with E-state index in [9.17, 15) is 4.79 Å². The average Bonchev–Trinajstić information content (AvgIpc) is 3.26. The van der Waals surface area contributed by atoms with Gasteiger partial charge in [0.2, 0.25) is 5.88 Å². The second kappa shape index (κ2) is 10.6. The number of likely N-dealkylation sites (tertiary alicyclic amines) is 1. The third kappa shape index (κ3) is 5.41. The van der Waals surface area contributed by atoms with Crippen LogP contribution in [0.5, 0.6) is 5.88 Å². The Morgan fingerprint density at radius 1 is 1.15 bits per heavy atom. The van der Waals surface area contributed by atoms with Gasteiger partial charge in [-0.15, -0.1) is 5.10 Å². The molecule has 34 heavy (non-hydrogen) atoms. The topological polar surface area (TPSA) is 92.0 Å². The summed E-state index contributed by atoms with van der Waals surface area (Å²) in [5.41, 5.74) is 2.42. The van der Waals surface area contributed by atoms with Crippen LogP contribution in [-0.2, 0) is 0 Å². The predicted molar refractivity (Wildman–Crippen MR) is 129 cm³/mol. The molecular weight excluding hydrogens is 497 g/mol. The molecule has 0 N–H and O–H groups in total. The van der Waals surface area contributed by atoms with E-state index < -0.39 is 0 Å². The van der Waals surface area contributed by atoms with Crippen LogP contribution in [0.3, 0.4) is 0 Å². The fourth-order valence-corrected chi connectivity index (χ4v) is 4.57. The molecule has 0 radical (unpaired) electrons.